The highest BCUT2D eigenvalue weighted by Crippen LogP contribution is 2.19. The van der Waals surface area contributed by atoms with E-state index in [0.717, 1.165) is 27.3 Å². The van der Waals surface area contributed by atoms with Gasteiger partial charge in [-0.25, -0.2) is 12.8 Å². The lowest BCUT2D eigenvalue weighted by atomic mass is 10.0. The van der Waals surface area contributed by atoms with Gasteiger partial charge in [-0.2, -0.15) is 4.31 Å². The smallest absolute Gasteiger partial charge is 0.235 e. The SMILES string of the molecule is Cc1ccc(C(C)NC(=O)CN(Cc2ccccc2F)S(C)(=O)=O)c(C)c1. The van der Waals surface area contributed by atoms with E-state index in [1.807, 2.05) is 39.0 Å². The van der Waals surface area contributed by atoms with Crippen LogP contribution in [0.4, 0.5) is 4.39 Å². The van der Waals surface area contributed by atoms with Gasteiger partial charge in [-0.15, -0.1) is 0 Å². The minimum atomic E-state index is -3.68. The standard InChI is InChI=1S/C20H25FN2O3S/c1-14-9-10-18(15(2)11-14)16(3)22-20(24)13-23(27(4,25)26)12-17-7-5-6-8-19(17)21/h5-11,16H,12-13H2,1-4H3,(H,22,24). The van der Waals surface area contributed by atoms with Crippen LogP contribution in [0.15, 0.2) is 42.5 Å². The summed E-state index contributed by atoms with van der Waals surface area (Å²) in [5.41, 5.74) is 3.36. The van der Waals surface area contributed by atoms with Gasteiger partial charge in [-0.3, -0.25) is 4.79 Å². The number of aryl methyl sites for hydroxylation is 2. The molecule has 0 aliphatic rings. The number of sulfonamides is 1. The number of carbonyl (C=O) groups excluding carboxylic acids is 1. The highest BCUT2D eigenvalue weighted by molar-refractivity contribution is 7.88. The molecule has 1 unspecified atom stereocenters. The Balaban J connectivity index is 2.11. The van der Waals surface area contributed by atoms with Gasteiger partial charge in [0.05, 0.1) is 18.8 Å². The fourth-order valence-corrected chi connectivity index (χ4v) is 3.67. The molecule has 1 atom stereocenters. The fraction of sp³-hybridized carbons (Fsp3) is 0.350. The normalized spacial score (nSPS) is 12.8. The van der Waals surface area contributed by atoms with E-state index < -0.39 is 21.7 Å². The number of amides is 1. The Hall–Kier alpha value is -2.25. The monoisotopic (exact) mass is 392 g/mol. The van der Waals surface area contributed by atoms with Crippen LogP contribution in [-0.2, 0) is 21.4 Å². The van der Waals surface area contributed by atoms with E-state index in [9.17, 15) is 17.6 Å². The van der Waals surface area contributed by atoms with E-state index in [1.165, 1.54) is 18.2 Å². The van der Waals surface area contributed by atoms with Crippen LogP contribution in [0.5, 0.6) is 0 Å². The van der Waals surface area contributed by atoms with Crippen LogP contribution in [0, 0.1) is 19.7 Å². The molecule has 0 heterocycles. The van der Waals surface area contributed by atoms with E-state index in [4.69, 9.17) is 0 Å². The second-order valence-corrected chi connectivity index (χ2v) is 8.75. The average Bonchev–Trinajstić information content (AvgIpc) is 2.55. The summed E-state index contributed by atoms with van der Waals surface area (Å²) in [7, 11) is -3.68. The number of nitrogens with zero attached hydrogens (tertiary/aromatic N) is 1. The molecule has 0 spiro atoms. The van der Waals surface area contributed by atoms with Crippen molar-refractivity contribution < 1.29 is 17.6 Å². The Morgan fingerprint density at radius 2 is 1.85 bits per heavy atom. The predicted octanol–water partition coefficient (Wildman–Crippen LogP) is 3.08. The Bertz CT molecular complexity index is 929. The molecular formula is C20H25FN2O3S. The third-order valence-electron chi connectivity index (χ3n) is 4.36. The van der Waals surface area contributed by atoms with Crippen molar-refractivity contribution in [1.82, 2.24) is 9.62 Å². The topological polar surface area (TPSA) is 66.5 Å². The molecule has 0 radical (unpaired) electrons. The second-order valence-electron chi connectivity index (χ2n) is 6.77. The van der Waals surface area contributed by atoms with E-state index in [1.54, 1.807) is 6.07 Å². The highest BCUT2D eigenvalue weighted by Gasteiger charge is 2.23. The van der Waals surface area contributed by atoms with Gasteiger partial charge in [0, 0.05) is 12.1 Å². The first-order valence-corrected chi connectivity index (χ1v) is 10.5. The maximum absolute atomic E-state index is 13.9. The number of carbonyl (C=O) groups is 1. The number of hydrogen-bond acceptors (Lipinski definition) is 3. The number of halogens is 1. The average molecular weight is 392 g/mol. The Morgan fingerprint density at radius 1 is 1.19 bits per heavy atom. The van der Waals surface area contributed by atoms with Crippen molar-refractivity contribution in [3.05, 3.63) is 70.5 Å². The quantitative estimate of drug-likeness (QED) is 0.787. The first kappa shape index (κ1) is 21.1. The van der Waals surface area contributed by atoms with Crippen molar-refractivity contribution in [3.63, 3.8) is 0 Å². The summed E-state index contributed by atoms with van der Waals surface area (Å²) < 4.78 is 38.9. The molecule has 2 aromatic carbocycles. The number of nitrogens with one attached hydrogen (secondary N) is 1. The van der Waals surface area contributed by atoms with Crippen molar-refractivity contribution in [2.24, 2.45) is 0 Å². The minimum absolute atomic E-state index is 0.198. The molecule has 7 heteroatoms. The molecule has 2 aromatic rings. The molecule has 0 aliphatic heterocycles. The minimum Gasteiger partial charge on any atom is -0.348 e. The van der Waals surface area contributed by atoms with Crippen LogP contribution >= 0.6 is 0 Å². The van der Waals surface area contributed by atoms with Crippen molar-refractivity contribution in [3.8, 4) is 0 Å². The van der Waals surface area contributed by atoms with Gasteiger partial charge in [0.2, 0.25) is 15.9 Å². The molecule has 0 saturated carbocycles. The van der Waals surface area contributed by atoms with E-state index in [-0.39, 0.29) is 24.7 Å². The Kier molecular flexibility index (Phi) is 6.73. The zero-order valence-electron chi connectivity index (χ0n) is 16.0. The first-order chi connectivity index (χ1) is 12.6. The Morgan fingerprint density at radius 3 is 2.44 bits per heavy atom. The molecule has 5 nitrogen and oxygen atoms in total. The highest BCUT2D eigenvalue weighted by atomic mass is 32.2. The third-order valence-corrected chi connectivity index (χ3v) is 5.56. The van der Waals surface area contributed by atoms with Gasteiger partial charge in [0.15, 0.2) is 0 Å². The first-order valence-electron chi connectivity index (χ1n) is 8.63. The number of benzene rings is 2. The molecular weight excluding hydrogens is 367 g/mol. The van der Waals surface area contributed by atoms with Crippen molar-refractivity contribution in [2.45, 2.75) is 33.4 Å². The largest absolute Gasteiger partial charge is 0.348 e. The maximum Gasteiger partial charge on any atom is 0.235 e. The maximum atomic E-state index is 13.9. The molecule has 2 rings (SSSR count). The number of rotatable bonds is 7. The van der Waals surface area contributed by atoms with Gasteiger partial charge in [0.1, 0.15) is 5.82 Å². The molecule has 0 aromatic heterocycles. The van der Waals surface area contributed by atoms with Crippen LogP contribution in [0.25, 0.3) is 0 Å². The molecule has 1 N–H and O–H groups in total. The summed E-state index contributed by atoms with van der Waals surface area (Å²) in [4.78, 5) is 12.4. The van der Waals surface area contributed by atoms with Crippen molar-refractivity contribution in [2.75, 3.05) is 12.8 Å². The molecule has 1 amide bonds. The molecule has 0 aliphatic carbocycles. The van der Waals surface area contributed by atoms with Gasteiger partial charge < -0.3 is 5.32 Å². The van der Waals surface area contributed by atoms with E-state index in [2.05, 4.69) is 5.32 Å². The van der Waals surface area contributed by atoms with Crippen LogP contribution in [-0.4, -0.2) is 31.4 Å². The lowest BCUT2D eigenvalue weighted by Gasteiger charge is -2.22. The van der Waals surface area contributed by atoms with Gasteiger partial charge >= 0.3 is 0 Å². The summed E-state index contributed by atoms with van der Waals surface area (Å²) in [5.74, 6) is -0.945. The zero-order chi connectivity index (χ0) is 20.2. The van der Waals surface area contributed by atoms with Gasteiger partial charge in [0.25, 0.3) is 0 Å². The van der Waals surface area contributed by atoms with Gasteiger partial charge in [-0.1, -0.05) is 42.0 Å². The van der Waals surface area contributed by atoms with Gasteiger partial charge in [-0.05, 0) is 38.0 Å². The molecule has 0 bridgehead atoms. The van der Waals surface area contributed by atoms with E-state index >= 15 is 0 Å². The fourth-order valence-electron chi connectivity index (χ4n) is 2.94. The summed E-state index contributed by atoms with van der Waals surface area (Å²) in [6.45, 7) is 5.23. The third kappa shape index (κ3) is 5.87. The van der Waals surface area contributed by atoms with Crippen LogP contribution in [0.3, 0.4) is 0 Å². The molecule has 27 heavy (non-hydrogen) atoms. The van der Waals surface area contributed by atoms with Crippen LogP contribution in [0.1, 0.15) is 35.2 Å². The molecule has 146 valence electrons. The second kappa shape index (κ2) is 8.63. The van der Waals surface area contributed by atoms with Crippen LogP contribution in [0.2, 0.25) is 0 Å². The Labute approximate surface area is 160 Å². The lowest BCUT2D eigenvalue weighted by molar-refractivity contribution is -0.122. The van der Waals surface area contributed by atoms with E-state index in [0.29, 0.717) is 0 Å². The summed E-state index contributed by atoms with van der Waals surface area (Å²) in [6, 6.07) is 11.6. The van der Waals surface area contributed by atoms with Crippen molar-refractivity contribution in [1.29, 1.82) is 0 Å². The summed E-state index contributed by atoms with van der Waals surface area (Å²) in [6.07, 6.45) is 1.01. The number of hydrogen-bond donors (Lipinski definition) is 1. The summed E-state index contributed by atoms with van der Waals surface area (Å²) >= 11 is 0. The predicted molar refractivity (Wildman–Crippen MR) is 104 cm³/mol. The summed E-state index contributed by atoms with van der Waals surface area (Å²) in [5, 5.41) is 2.82. The van der Waals surface area contributed by atoms with Crippen molar-refractivity contribution >= 4 is 15.9 Å². The lowest BCUT2D eigenvalue weighted by Crippen LogP contribution is -2.40. The molecule has 0 fully saturated rings. The van der Waals surface area contributed by atoms with Crippen LogP contribution < -0.4 is 5.32 Å². The molecule has 0 saturated heterocycles. The zero-order valence-corrected chi connectivity index (χ0v) is 16.8.